The zero-order valence-corrected chi connectivity index (χ0v) is 35.0. The molecule has 0 radical (unpaired) electrons. The van der Waals surface area contributed by atoms with Crippen LogP contribution in [0.1, 0.15) is 51.8 Å². The SMILES string of the molecule is C1=CCCC(C2(c3ccccc3)c3ccccc3C3(c4ccccc4-c4c(N(c5ccccc5)c5ccc(-c6ccc(-c7ccccc7)cc6)cc5)cccc43)c3ccccc32)=C1. The summed E-state index contributed by atoms with van der Waals surface area (Å²) in [7, 11) is 0. The van der Waals surface area contributed by atoms with E-state index in [1.54, 1.807) is 0 Å². The highest BCUT2D eigenvalue weighted by Crippen LogP contribution is 2.66. The van der Waals surface area contributed by atoms with Crippen LogP contribution in [0.15, 0.2) is 254 Å². The van der Waals surface area contributed by atoms with Gasteiger partial charge < -0.3 is 4.90 Å². The molecule has 0 amide bonds. The van der Waals surface area contributed by atoms with E-state index in [0.717, 1.165) is 29.9 Å². The smallest absolute Gasteiger partial charge is 0.0720 e. The first-order valence-electron chi connectivity index (χ1n) is 22.2. The summed E-state index contributed by atoms with van der Waals surface area (Å²) in [5.74, 6) is 0. The Balaban J connectivity index is 1.08. The number of hydrogen-bond donors (Lipinski definition) is 0. The second kappa shape index (κ2) is 15.0. The molecule has 3 aliphatic carbocycles. The second-order valence-corrected chi connectivity index (χ2v) is 17.0. The first kappa shape index (κ1) is 37.1. The van der Waals surface area contributed by atoms with Crippen LogP contribution in [0, 0.1) is 0 Å². The number of benzene rings is 9. The maximum atomic E-state index is 2.46. The van der Waals surface area contributed by atoms with E-state index >= 15 is 0 Å². The summed E-state index contributed by atoms with van der Waals surface area (Å²) in [4.78, 5) is 2.46. The highest BCUT2D eigenvalue weighted by atomic mass is 15.1. The second-order valence-electron chi connectivity index (χ2n) is 17.0. The van der Waals surface area contributed by atoms with Crippen molar-refractivity contribution in [3.05, 3.63) is 293 Å². The zero-order chi connectivity index (χ0) is 41.8. The van der Waals surface area contributed by atoms with Gasteiger partial charge in [0.1, 0.15) is 0 Å². The van der Waals surface area contributed by atoms with Gasteiger partial charge in [0.2, 0.25) is 0 Å². The van der Waals surface area contributed by atoms with Crippen molar-refractivity contribution in [1.29, 1.82) is 0 Å². The lowest BCUT2D eigenvalue weighted by atomic mass is 9.50. The van der Waals surface area contributed by atoms with Crippen LogP contribution < -0.4 is 4.90 Å². The molecule has 0 N–H and O–H groups in total. The molecule has 1 nitrogen and oxygen atoms in total. The summed E-state index contributed by atoms with van der Waals surface area (Å²) in [5, 5.41) is 0. The number of hydrogen-bond acceptors (Lipinski definition) is 1. The molecule has 0 bridgehead atoms. The lowest BCUT2D eigenvalue weighted by Gasteiger charge is -2.51. The highest BCUT2D eigenvalue weighted by Gasteiger charge is 2.57. The van der Waals surface area contributed by atoms with Gasteiger partial charge >= 0.3 is 0 Å². The fraction of sp³-hybridized carbons (Fsp3) is 0.0645. The van der Waals surface area contributed by atoms with Gasteiger partial charge in [-0.05, 0) is 110 Å². The van der Waals surface area contributed by atoms with Crippen LogP contribution in [0.5, 0.6) is 0 Å². The molecule has 0 fully saturated rings. The third-order valence-electron chi connectivity index (χ3n) is 13.9. The van der Waals surface area contributed by atoms with Gasteiger partial charge in [0.15, 0.2) is 0 Å². The molecule has 9 aromatic rings. The summed E-state index contributed by atoms with van der Waals surface area (Å²) >= 11 is 0. The fourth-order valence-corrected chi connectivity index (χ4v) is 11.4. The van der Waals surface area contributed by atoms with E-state index in [-0.39, 0.29) is 0 Å². The molecule has 1 heteroatoms. The lowest BCUT2D eigenvalue weighted by molar-refractivity contribution is 0.595. The maximum absolute atomic E-state index is 2.46. The van der Waals surface area contributed by atoms with Crippen LogP contribution in [-0.2, 0) is 10.8 Å². The topological polar surface area (TPSA) is 3.24 Å². The third kappa shape index (κ3) is 5.56. The van der Waals surface area contributed by atoms with Crippen LogP contribution in [0.4, 0.5) is 17.1 Å². The minimum absolute atomic E-state index is 0.459. The fourth-order valence-electron chi connectivity index (χ4n) is 11.4. The Bertz CT molecular complexity index is 3150. The molecular formula is C62H45N. The van der Waals surface area contributed by atoms with Crippen molar-refractivity contribution in [3.63, 3.8) is 0 Å². The van der Waals surface area contributed by atoms with Gasteiger partial charge in [-0.2, -0.15) is 0 Å². The van der Waals surface area contributed by atoms with E-state index in [9.17, 15) is 0 Å². The van der Waals surface area contributed by atoms with Gasteiger partial charge in [-0.1, -0.05) is 224 Å². The summed E-state index contributed by atoms with van der Waals surface area (Å²) in [6.07, 6.45) is 9.02. The van der Waals surface area contributed by atoms with E-state index in [0.29, 0.717) is 0 Å². The van der Waals surface area contributed by atoms with Crippen molar-refractivity contribution >= 4 is 17.1 Å². The van der Waals surface area contributed by atoms with Crippen molar-refractivity contribution < 1.29 is 0 Å². The molecule has 0 aliphatic heterocycles. The molecule has 0 atom stereocenters. The number of allylic oxidation sites excluding steroid dienone is 4. The molecule has 0 heterocycles. The largest absolute Gasteiger partial charge is 0.310 e. The minimum atomic E-state index is -0.559. The Kier molecular flexibility index (Phi) is 8.83. The molecule has 9 aromatic carbocycles. The normalized spacial score (nSPS) is 17.9. The van der Waals surface area contributed by atoms with Gasteiger partial charge in [-0.3, -0.25) is 0 Å². The average Bonchev–Trinajstić information content (AvgIpc) is 3.67. The summed E-state index contributed by atoms with van der Waals surface area (Å²) < 4.78 is 0. The standard InChI is InChI=1S/C62H45N/c1-5-20-44(21-6-1)45-36-38-46(39-37-45)47-40-42-51(43-41-47)63(50-26-11-4-12-27-50)59-35-19-34-58-60(59)52-28-13-14-29-53(52)62(58)56-32-17-15-30-54(56)61(48-22-7-2-8-23-48,49-24-9-3-10-25-49)55-31-16-18-33-57(55)62/h1-9,11-24,26-43H,10,25H2. The number of anilines is 3. The first-order valence-corrected chi connectivity index (χ1v) is 22.2. The van der Waals surface area contributed by atoms with Gasteiger partial charge in [0, 0.05) is 16.9 Å². The Labute approximate surface area is 370 Å². The number of para-hydroxylation sites is 1. The Hall–Kier alpha value is -7.74. The number of rotatable bonds is 7. The van der Waals surface area contributed by atoms with E-state index < -0.39 is 10.8 Å². The Morgan fingerprint density at radius 1 is 0.349 bits per heavy atom. The van der Waals surface area contributed by atoms with Gasteiger partial charge in [-0.25, -0.2) is 0 Å². The molecule has 0 unspecified atom stereocenters. The lowest BCUT2D eigenvalue weighted by Crippen LogP contribution is -2.45. The maximum Gasteiger partial charge on any atom is 0.0720 e. The van der Waals surface area contributed by atoms with Crippen molar-refractivity contribution in [3.8, 4) is 33.4 Å². The van der Waals surface area contributed by atoms with Crippen LogP contribution >= 0.6 is 0 Å². The molecular weight excluding hydrogens is 759 g/mol. The van der Waals surface area contributed by atoms with E-state index in [2.05, 4.69) is 254 Å². The molecule has 63 heavy (non-hydrogen) atoms. The van der Waals surface area contributed by atoms with Gasteiger partial charge in [-0.15, -0.1) is 0 Å². The minimum Gasteiger partial charge on any atom is -0.310 e. The van der Waals surface area contributed by atoms with Crippen molar-refractivity contribution in [2.24, 2.45) is 0 Å². The van der Waals surface area contributed by atoms with Crippen molar-refractivity contribution in [2.45, 2.75) is 23.7 Å². The molecule has 3 aliphatic rings. The van der Waals surface area contributed by atoms with Crippen LogP contribution in [0.25, 0.3) is 33.4 Å². The predicted molar refractivity (Wildman–Crippen MR) is 262 cm³/mol. The quantitative estimate of drug-likeness (QED) is 0.155. The van der Waals surface area contributed by atoms with E-state index in [1.807, 2.05) is 0 Å². The number of nitrogens with zero attached hydrogens (tertiary/aromatic N) is 1. The predicted octanol–water partition coefficient (Wildman–Crippen LogP) is 15.8. The van der Waals surface area contributed by atoms with Crippen LogP contribution in [-0.4, -0.2) is 0 Å². The average molecular weight is 804 g/mol. The molecule has 0 saturated carbocycles. The zero-order valence-electron chi connectivity index (χ0n) is 35.0. The molecule has 0 saturated heterocycles. The third-order valence-corrected chi connectivity index (χ3v) is 13.9. The summed E-state index contributed by atoms with van der Waals surface area (Å²) in [6.45, 7) is 0. The molecule has 1 spiro atoms. The van der Waals surface area contributed by atoms with Gasteiger partial charge in [0.05, 0.1) is 16.5 Å². The first-order chi connectivity index (χ1) is 31.3. The van der Waals surface area contributed by atoms with Crippen LogP contribution in [0.2, 0.25) is 0 Å². The van der Waals surface area contributed by atoms with Gasteiger partial charge in [0.25, 0.3) is 0 Å². The van der Waals surface area contributed by atoms with E-state index in [4.69, 9.17) is 0 Å². The molecule has 0 aromatic heterocycles. The number of fused-ring (bicyclic) bond motifs is 9. The van der Waals surface area contributed by atoms with Crippen molar-refractivity contribution in [1.82, 2.24) is 0 Å². The van der Waals surface area contributed by atoms with Crippen molar-refractivity contribution in [2.75, 3.05) is 4.90 Å². The molecule has 298 valence electrons. The van der Waals surface area contributed by atoms with E-state index in [1.165, 1.54) is 77.9 Å². The summed E-state index contributed by atoms with van der Waals surface area (Å²) in [5.41, 5.74) is 20.6. The Morgan fingerprint density at radius 2 is 0.810 bits per heavy atom. The van der Waals surface area contributed by atoms with Crippen LogP contribution in [0.3, 0.4) is 0 Å². The highest BCUT2D eigenvalue weighted by molar-refractivity contribution is 5.98. The summed E-state index contributed by atoms with van der Waals surface area (Å²) in [6, 6.07) is 85.8. The molecule has 12 rings (SSSR count). The monoisotopic (exact) mass is 803 g/mol. The Morgan fingerprint density at radius 3 is 1.40 bits per heavy atom.